The number of benzene rings is 1. The Bertz CT molecular complexity index is 1480. The van der Waals surface area contributed by atoms with Gasteiger partial charge in [0.15, 0.2) is 5.82 Å². The Kier molecular flexibility index (Phi) is 6.84. The van der Waals surface area contributed by atoms with Gasteiger partial charge in [0.2, 0.25) is 5.95 Å². The minimum absolute atomic E-state index is 0.0238. The molecule has 4 rings (SSSR count). The van der Waals surface area contributed by atoms with Crippen molar-refractivity contribution in [3.8, 4) is 6.07 Å². The second kappa shape index (κ2) is 9.74. The van der Waals surface area contributed by atoms with Gasteiger partial charge in [0.1, 0.15) is 28.9 Å². The summed E-state index contributed by atoms with van der Waals surface area (Å²) in [5.74, 6) is 0.319. The Morgan fingerprint density at radius 3 is 2.70 bits per heavy atom. The number of halogens is 1. The lowest BCUT2D eigenvalue weighted by Crippen LogP contribution is -2.37. The summed E-state index contributed by atoms with van der Waals surface area (Å²) in [7, 11) is 0. The number of nitrogen functional groups attached to an aromatic ring is 2. The first-order chi connectivity index (χ1) is 17.4. The van der Waals surface area contributed by atoms with Gasteiger partial charge in [-0.3, -0.25) is 9.36 Å². The molecule has 0 unspecified atom stereocenters. The van der Waals surface area contributed by atoms with Crippen LogP contribution in [0.5, 0.6) is 0 Å². The number of aromatic nitrogens is 4. The summed E-state index contributed by atoms with van der Waals surface area (Å²) in [6.07, 6.45) is 0.0565. The highest BCUT2D eigenvalue weighted by atomic mass is 35.5. The lowest BCUT2D eigenvalue weighted by atomic mass is 10.1. The number of nitriles is 1. The molecule has 13 heteroatoms. The normalized spacial score (nSPS) is 16.4. The van der Waals surface area contributed by atoms with Crippen molar-refractivity contribution < 1.29 is 9.53 Å². The second-order valence-corrected chi connectivity index (χ2v) is 10.2. The lowest BCUT2D eigenvalue weighted by Gasteiger charge is -2.26. The molecule has 0 radical (unpaired) electrons. The van der Waals surface area contributed by atoms with Crippen LogP contribution in [0.1, 0.15) is 57.6 Å². The van der Waals surface area contributed by atoms with Gasteiger partial charge in [-0.15, -0.1) is 0 Å². The Hall–Kier alpha value is -4.11. The van der Waals surface area contributed by atoms with E-state index in [0.717, 1.165) is 0 Å². The van der Waals surface area contributed by atoms with E-state index in [1.807, 2.05) is 6.07 Å². The van der Waals surface area contributed by atoms with Crippen molar-refractivity contribution in [2.45, 2.75) is 51.8 Å². The SMILES string of the molecule is C[C@H](Nc1nc(N)nc(N)c1C#N)c1nc2cccc(Cl)c2c(=O)n1[C@@H]1CCN(C(=O)OC(C)(C)C)C1. The number of amides is 1. The third-order valence-corrected chi connectivity index (χ3v) is 6.21. The number of rotatable bonds is 4. The average Bonchev–Trinajstić information content (AvgIpc) is 3.27. The molecule has 1 aliphatic heterocycles. The number of carbonyl (C=O) groups is 1. The number of anilines is 3. The second-order valence-electron chi connectivity index (χ2n) is 9.82. The summed E-state index contributed by atoms with van der Waals surface area (Å²) < 4.78 is 7.06. The van der Waals surface area contributed by atoms with Gasteiger partial charge in [-0.25, -0.2) is 9.78 Å². The molecule has 5 N–H and O–H groups in total. The standard InChI is InChI=1S/C24H28ClN9O3/c1-12(29-19-14(10-26)18(27)31-22(28)32-19)20-30-16-7-5-6-15(25)17(16)21(35)34(20)13-8-9-33(11-13)23(36)37-24(2,3)4/h5-7,12-13H,8-9,11H2,1-4H3,(H5,27,28,29,31,32)/t12-,13+/m0/s1. The minimum atomic E-state index is -0.646. The molecule has 1 aliphatic rings. The summed E-state index contributed by atoms with van der Waals surface area (Å²) in [4.78, 5) is 40.8. The predicted molar refractivity (Wildman–Crippen MR) is 140 cm³/mol. The van der Waals surface area contributed by atoms with Crippen LogP contribution in [0.2, 0.25) is 5.02 Å². The molecule has 0 bridgehead atoms. The molecule has 1 fully saturated rings. The van der Waals surface area contributed by atoms with Crippen LogP contribution >= 0.6 is 11.6 Å². The highest BCUT2D eigenvalue weighted by molar-refractivity contribution is 6.35. The number of likely N-dealkylation sites (tertiary alicyclic amines) is 1. The van der Waals surface area contributed by atoms with Gasteiger partial charge < -0.3 is 26.4 Å². The Morgan fingerprint density at radius 2 is 2.03 bits per heavy atom. The van der Waals surface area contributed by atoms with Crippen LogP contribution in [0.15, 0.2) is 23.0 Å². The van der Waals surface area contributed by atoms with Gasteiger partial charge >= 0.3 is 6.09 Å². The van der Waals surface area contributed by atoms with E-state index in [-0.39, 0.29) is 51.7 Å². The Labute approximate surface area is 218 Å². The van der Waals surface area contributed by atoms with Crippen LogP contribution < -0.4 is 22.3 Å². The largest absolute Gasteiger partial charge is 0.444 e. The maximum atomic E-state index is 13.8. The zero-order valence-electron chi connectivity index (χ0n) is 20.9. The molecular weight excluding hydrogens is 498 g/mol. The number of hydrogen-bond acceptors (Lipinski definition) is 10. The molecule has 194 valence electrons. The fourth-order valence-electron chi connectivity index (χ4n) is 4.30. The van der Waals surface area contributed by atoms with Crippen LogP contribution in [0, 0.1) is 11.3 Å². The number of hydrogen-bond donors (Lipinski definition) is 3. The van der Waals surface area contributed by atoms with Crippen LogP contribution in [0.3, 0.4) is 0 Å². The van der Waals surface area contributed by atoms with E-state index in [9.17, 15) is 14.9 Å². The van der Waals surface area contributed by atoms with Crippen molar-refractivity contribution >= 4 is 46.2 Å². The van der Waals surface area contributed by atoms with Gasteiger partial charge in [0.25, 0.3) is 5.56 Å². The molecule has 1 amide bonds. The van der Waals surface area contributed by atoms with Crippen molar-refractivity contribution in [3.63, 3.8) is 0 Å². The molecule has 1 saturated heterocycles. The summed E-state index contributed by atoms with van der Waals surface area (Å²) in [5, 5.41) is 13.2. The summed E-state index contributed by atoms with van der Waals surface area (Å²) >= 11 is 6.39. The number of ether oxygens (including phenoxy) is 1. The Morgan fingerprint density at radius 1 is 1.30 bits per heavy atom. The quantitative estimate of drug-likeness (QED) is 0.457. The first kappa shape index (κ1) is 26.0. The number of carbonyl (C=O) groups excluding carboxylic acids is 1. The van der Waals surface area contributed by atoms with Gasteiger partial charge in [0, 0.05) is 13.1 Å². The van der Waals surface area contributed by atoms with E-state index < -0.39 is 17.7 Å². The van der Waals surface area contributed by atoms with Crippen LogP contribution in [0.4, 0.5) is 22.4 Å². The number of fused-ring (bicyclic) bond motifs is 1. The predicted octanol–water partition coefficient (Wildman–Crippen LogP) is 3.23. The van der Waals surface area contributed by atoms with Crippen molar-refractivity contribution in [2.75, 3.05) is 29.9 Å². The van der Waals surface area contributed by atoms with Crippen LogP contribution in [-0.2, 0) is 4.74 Å². The molecule has 1 aromatic carbocycles. The van der Waals surface area contributed by atoms with E-state index in [1.54, 1.807) is 55.4 Å². The van der Waals surface area contributed by atoms with E-state index in [2.05, 4.69) is 15.3 Å². The van der Waals surface area contributed by atoms with Gasteiger partial charge in [-0.2, -0.15) is 15.2 Å². The van der Waals surface area contributed by atoms with Crippen LogP contribution in [0.25, 0.3) is 10.9 Å². The molecule has 3 aromatic rings. The third kappa shape index (κ3) is 5.22. The fourth-order valence-corrected chi connectivity index (χ4v) is 4.55. The zero-order valence-corrected chi connectivity index (χ0v) is 21.7. The molecule has 2 aromatic heterocycles. The molecule has 2 atom stereocenters. The molecule has 37 heavy (non-hydrogen) atoms. The monoisotopic (exact) mass is 525 g/mol. The van der Waals surface area contributed by atoms with Gasteiger partial charge in [-0.1, -0.05) is 17.7 Å². The number of nitrogens with zero attached hydrogens (tertiary/aromatic N) is 6. The van der Waals surface area contributed by atoms with Crippen molar-refractivity contribution in [1.29, 1.82) is 5.26 Å². The first-order valence-corrected chi connectivity index (χ1v) is 12.1. The summed E-state index contributed by atoms with van der Waals surface area (Å²) in [6, 6.07) is 6.01. The summed E-state index contributed by atoms with van der Waals surface area (Å²) in [5.41, 5.74) is 11.1. The molecule has 0 saturated carbocycles. The molecule has 0 spiro atoms. The fraction of sp³-hybridized carbons (Fsp3) is 0.417. The Balaban J connectivity index is 1.78. The van der Waals surface area contributed by atoms with E-state index in [1.165, 1.54) is 0 Å². The minimum Gasteiger partial charge on any atom is -0.444 e. The van der Waals surface area contributed by atoms with Crippen molar-refractivity contribution in [3.05, 3.63) is 45.0 Å². The first-order valence-electron chi connectivity index (χ1n) is 11.7. The molecule has 3 heterocycles. The van der Waals surface area contributed by atoms with E-state index in [4.69, 9.17) is 32.8 Å². The van der Waals surface area contributed by atoms with Crippen LogP contribution in [-0.4, -0.2) is 49.2 Å². The topological polar surface area (TPSA) is 178 Å². The smallest absolute Gasteiger partial charge is 0.410 e. The zero-order chi connectivity index (χ0) is 27.1. The van der Waals surface area contributed by atoms with E-state index in [0.29, 0.717) is 24.3 Å². The highest BCUT2D eigenvalue weighted by Crippen LogP contribution is 2.30. The van der Waals surface area contributed by atoms with Crippen molar-refractivity contribution in [2.24, 2.45) is 0 Å². The van der Waals surface area contributed by atoms with Gasteiger partial charge in [0.05, 0.1) is 28.0 Å². The van der Waals surface area contributed by atoms with E-state index >= 15 is 0 Å². The maximum absolute atomic E-state index is 13.8. The number of nitrogens with two attached hydrogens (primary N) is 2. The average molecular weight is 526 g/mol. The molecule has 12 nitrogen and oxygen atoms in total. The maximum Gasteiger partial charge on any atom is 0.410 e. The lowest BCUT2D eigenvalue weighted by molar-refractivity contribution is 0.0288. The summed E-state index contributed by atoms with van der Waals surface area (Å²) in [6.45, 7) is 7.82. The van der Waals surface area contributed by atoms with Gasteiger partial charge in [-0.05, 0) is 46.2 Å². The molecule has 0 aliphatic carbocycles. The third-order valence-electron chi connectivity index (χ3n) is 5.89. The highest BCUT2D eigenvalue weighted by Gasteiger charge is 2.34. The van der Waals surface area contributed by atoms with Crippen molar-refractivity contribution in [1.82, 2.24) is 24.4 Å². The number of nitrogens with one attached hydrogen (secondary N) is 1. The molecular formula is C24H28ClN9O3.